The number of carbonyl (C=O) groups is 1. The summed E-state index contributed by atoms with van der Waals surface area (Å²) in [5.41, 5.74) is 7.56. The van der Waals surface area contributed by atoms with Crippen molar-refractivity contribution in [2.45, 2.75) is 58.8 Å². The minimum atomic E-state index is -0.403. The van der Waals surface area contributed by atoms with Gasteiger partial charge in [0.2, 0.25) is 5.78 Å². The molecule has 3 aromatic rings. The molecule has 2 N–H and O–H groups in total. The maximum atomic E-state index is 13.7. The quantitative estimate of drug-likeness (QED) is 0.377. The van der Waals surface area contributed by atoms with Crippen LogP contribution in [0.1, 0.15) is 59.1 Å². The third-order valence-corrected chi connectivity index (χ3v) is 8.35. The Morgan fingerprint density at radius 3 is 2.49 bits per heavy atom. The van der Waals surface area contributed by atoms with Gasteiger partial charge in [-0.15, -0.1) is 0 Å². The molecule has 186 valence electrons. The number of carbonyl (C=O) groups excluding carboxylic acids is 1. The summed E-state index contributed by atoms with van der Waals surface area (Å²) < 4.78 is 0. The zero-order valence-electron chi connectivity index (χ0n) is 22.2. The molecular weight excluding hydrogens is 458 g/mol. The van der Waals surface area contributed by atoms with Crippen molar-refractivity contribution in [1.82, 2.24) is 4.98 Å². The third-order valence-electron chi connectivity index (χ3n) is 8.35. The minimum Gasteiger partial charge on any atom is -0.506 e. The number of nitrogens with one attached hydrogen (secondary N) is 1. The average molecular weight is 490 g/mol. The first kappa shape index (κ1) is 23.4. The lowest BCUT2D eigenvalue weighted by atomic mass is 9.71. The summed E-state index contributed by atoms with van der Waals surface area (Å²) in [6.45, 7) is 12.5. The van der Waals surface area contributed by atoms with Crippen LogP contribution in [0.2, 0.25) is 0 Å². The van der Waals surface area contributed by atoms with Crippen LogP contribution in [0.5, 0.6) is 0 Å². The number of benzene rings is 2. The van der Waals surface area contributed by atoms with Crippen LogP contribution in [0.3, 0.4) is 0 Å². The summed E-state index contributed by atoms with van der Waals surface area (Å²) in [6, 6.07) is 14.4. The van der Waals surface area contributed by atoms with Crippen molar-refractivity contribution >= 4 is 33.6 Å². The fourth-order valence-corrected chi connectivity index (χ4v) is 6.45. The Hall–Kier alpha value is -3.99. The van der Waals surface area contributed by atoms with Crippen LogP contribution in [0.4, 0.5) is 11.4 Å². The number of allylic oxidation sites excluding steroid dienone is 5. The van der Waals surface area contributed by atoms with Crippen molar-refractivity contribution in [3.05, 3.63) is 99.7 Å². The van der Waals surface area contributed by atoms with Gasteiger partial charge in [0, 0.05) is 40.2 Å². The topological polar surface area (TPSA) is 74.6 Å². The highest BCUT2D eigenvalue weighted by molar-refractivity contribution is 6.27. The molecule has 5 heteroatoms. The first-order chi connectivity index (χ1) is 17.6. The number of hydrogen-bond donors (Lipinski definition) is 2. The van der Waals surface area contributed by atoms with Crippen LogP contribution >= 0.6 is 0 Å². The van der Waals surface area contributed by atoms with E-state index < -0.39 is 5.41 Å². The number of fused-ring (bicyclic) bond motifs is 4. The summed E-state index contributed by atoms with van der Waals surface area (Å²) in [6.07, 6.45) is 4.25. The number of Topliss-reactive ketones (excluding diaryl/α,β-unsaturated/α-hetero) is 1. The maximum Gasteiger partial charge on any atom is 0.201 e. The Morgan fingerprint density at radius 2 is 1.78 bits per heavy atom. The molecule has 0 bridgehead atoms. The number of anilines is 1. The fraction of sp³-hybridized carbons (Fsp3) is 0.281. The van der Waals surface area contributed by atoms with Gasteiger partial charge in [0.15, 0.2) is 0 Å². The first-order valence-corrected chi connectivity index (χ1v) is 12.9. The number of aliphatic hydroxyl groups is 1. The molecule has 0 amide bonds. The van der Waals surface area contributed by atoms with Crippen LogP contribution in [-0.2, 0) is 15.6 Å². The van der Waals surface area contributed by atoms with Crippen molar-refractivity contribution in [2.24, 2.45) is 4.99 Å². The SMILES string of the molecule is CC/C(C1=C(O)/C(=C(\C)C2=Nc3ccc4ccccc4c3C2(C)C)C1=O)=C1\Nc2ccncc2C1(C)C. The molecule has 1 aromatic heterocycles. The highest BCUT2D eigenvalue weighted by Crippen LogP contribution is 2.50. The molecule has 0 spiro atoms. The Kier molecular flexibility index (Phi) is 4.91. The van der Waals surface area contributed by atoms with Gasteiger partial charge in [-0.1, -0.05) is 65.0 Å². The largest absolute Gasteiger partial charge is 0.506 e. The standard InChI is InChI=1S/C32H31N3O2/c1-7-19(30-31(3,4)21-16-33-15-14-22(21)34-30)25-27(36)24(28(25)37)17(2)29-32(5,6)26-20-11-9-8-10-18(20)12-13-23(26)35-29/h8-16,34,36H,7H2,1-6H3/b24-17-,30-19+. The number of pyridine rings is 1. The maximum absolute atomic E-state index is 13.7. The number of aliphatic imine (C=N–C) groups is 1. The number of nitrogens with zero attached hydrogens (tertiary/aromatic N) is 2. The molecule has 3 aliphatic rings. The van der Waals surface area contributed by atoms with Gasteiger partial charge >= 0.3 is 0 Å². The van der Waals surface area contributed by atoms with Gasteiger partial charge in [-0.2, -0.15) is 0 Å². The molecule has 5 nitrogen and oxygen atoms in total. The van der Waals surface area contributed by atoms with Crippen molar-refractivity contribution in [3.63, 3.8) is 0 Å². The molecule has 2 aromatic carbocycles. The molecule has 37 heavy (non-hydrogen) atoms. The van der Waals surface area contributed by atoms with E-state index in [1.165, 1.54) is 10.8 Å². The second-order valence-corrected chi connectivity index (χ2v) is 11.2. The van der Waals surface area contributed by atoms with Gasteiger partial charge < -0.3 is 10.4 Å². The zero-order chi connectivity index (χ0) is 26.3. The number of aromatic nitrogens is 1. The van der Waals surface area contributed by atoms with E-state index in [-0.39, 0.29) is 17.0 Å². The zero-order valence-corrected chi connectivity index (χ0v) is 22.2. The van der Waals surface area contributed by atoms with E-state index in [0.29, 0.717) is 17.6 Å². The molecule has 0 unspecified atom stereocenters. The fourth-order valence-electron chi connectivity index (χ4n) is 6.45. The molecule has 2 aliphatic heterocycles. The Morgan fingerprint density at radius 1 is 1.03 bits per heavy atom. The average Bonchev–Trinajstić information content (AvgIpc) is 3.31. The van der Waals surface area contributed by atoms with E-state index in [1.807, 2.05) is 44.3 Å². The van der Waals surface area contributed by atoms with E-state index in [9.17, 15) is 9.90 Å². The summed E-state index contributed by atoms with van der Waals surface area (Å²) in [4.78, 5) is 23.0. The van der Waals surface area contributed by atoms with Gasteiger partial charge in [0.25, 0.3) is 0 Å². The normalized spacial score (nSPS) is 21.8. The van der Waals surface area contributed by atoms with Crippen LogP contribution < -0.4 is 5.32 Å². The summed E-state index contributed by atoms with van der Waals surface area (Å²) >= 11 is 0. The number of rotatable bonds is 3. The second-order valence-electron chi connectivity index (χ2n) is 11.2. The Labute approximate surface area is 217 Å². The van der Waals surface area contributed by atoms with Crippen LogP contribution in [0.25, 0.3) is 10.8 Å². The van der Waals surface area contributed by atoms with Gasteiger partial charge in [-0.3, -0.25) is 14.8 Å². The molecule has 6 rings (SSSR count). The molecule has 0 saturated carbocycles. The van der Waals surface area contributed by atoms with Gasteiger partial charge in [-0.05, 0) is 53.0 Å². The van der Waals surface area contributed by atoms with E-state index in [4.69, 9.17) is 4.99 Å². The monoisotopic (exact) mass is 489 g/mol. The predicted octanol–water partition coefficient (Wildman–Crippen LogP) is 7.38. The molecule has 0 radical (unpaired) electrons. The van der Waals surface area contributed by atoms with Gasteiger partial charge in [-0.25, -0.2) is 0 Å². The number of ketones is 1. The number of hydrogen-bond acceptors (Lipinski definition) is 5. The van der Waals surface area contributed by atoms with Crippen molar-refractivity contribution in [1.29, 1.82) is 0 Å². The summed E-state index contributed by atoms with van der Waals surface area (Å²) in [5, 5.41) is 17.2. The molecule has 0 saturated heterocycles. The van der Waals surface area contributed by atoms with E-state index in [0.717, 1.165) is 45.1 Å². The second kappa shape index (κ2) is 7.75. The lowest BCUT2D eigenvalue weighted by Crippen LogP contribution is -2.33. The van der Waals surface area contributed by atoms with Crippen LogP contribution in [0.15, 0.2) is 93.6 Å². The smallest absolute Gasteiger partial charge is 0.201 e. The lowest BCUT2D eigenvalue weighted by Gasteiger charge is -2.31. The summed E-state index contributed by atoms with van der Waals surface area (Å²) in [5.74, 6) is -0.0526. The molecule has 0 atom stereocenters. The van der Waals surface area contributed by atoms with Crippen LogP contribution in [0, 0.1) is 0 Å². The first-order valence-electron chi connectivity index (χ1n) is 12.9. The molecule has 1 aliphatic carbocycles. The molecule has 0 fully saturated rings. The molecular formula is C32H31N3O2. The van der Waals surface area contributed by atoms with Crippen molar-refractivity contribution in [3.8, 4) is 0 Å². The van der Waals surface area contributed by atoms with E-state index >= 15 is 0 Å². The van der Waals surface area contributed by atoms with E-state index in [1.54, 1.807) is 6.20 Å². The molecule has 3 heterocycles. The summed E-state index contributed by atoms with van der Waals surface area (Å²) in [7, 11) is 0. The van der Waals surface area contributed by atoms with Gasteiger partial charge in [0.05, 0.1) is 22.5 Å². The lowest BCUT2D eigenvalue weighted by molar-refractivity contribution is -0.113. The van der Waals surface area contributed by atoms with E-state index in [2.05, 4.69) is 56.2 Å². The minimum absolute atomic E-state index is 0.0674. The van der Waals surface area contributed by atoms with Crippen LogP contribution in [-0.4, -0.2) is 21.6 Å². The number of aliphatic hydroxyl groups excluding tert-OH is 1. The Bertz CT molecular complexity index is 1660. The Balaban J connectivity index is 1.46. The third kappa shape index (κ3) is 3.06. The predicted molar refractivity (Wildman–Crippen MR) is 150 cm³/mol. The highest BCUT2D eigenvalue weighted by Gasteiger charge is 2.45. The van der Waals surface area contributed by atoms with Crippen molar-refractivity contribution < 1.29 is 9.90 Å². The van der Waals surface area contributed by atoms with Crippen molar-refractivity contribution in [2.75, 3.05) is 5.32 Å². The van der Waals surface area contributed by atoms with Gasteiger partial charge in [0.1, 0.15) is 5.76 Å². The highest BCUT2D eigenvalue weighted by atomic mass is 16.3.